The largest absolute Gasteiger partial charge is 0.460 e. The second-order valence-electron chi connectivity index (χ2n) is 16.6. The first-order valence-electron chi connectivity index (χ1n) is 21.1. The van der Waals surface area contributed by atoms with Gasteiger partial charge in [-0.2, -0.15) is 0 Å². The average molecular weight is 799 g/mol. The van der Waals surface area contributed by atoms with Gasteiger partial charge in [0.2, 0.25) is 0 Å². The molecule has 3 aromatic heterocycles. The Labute approximate surface area is 354 Å². The quantitative estimate of drug-likeness (QED) is 0.119. The number of fused-ring (bicyclic) bond motifs is 9. The molecule has 0 saturated heterocycles. The molecule has 0 amide bonds. The van der Waals surface area contributed by atoms with E-state index in [-0.39, 0.29) is 24.2 Å². The van der Waals surface area contributed by atoms with Gasteiger partial charge in [-0.15, -0.1) is 11.3 Å². The Morgan fingerprint density at radius 1 is 0.833 bits per heavy atom. The van der Waals surface area contributed by atoms with Gasteiger partial charge in [0.25, 0.3) is 0 Å². The van der Waals surface area contributed by atoms with E-state index in [0.29, 0.717) is 12.3 Å². The van der Waals surface area contributed by atoms with Gasteiger partial charge in [-0.25, -0.2) is 0 Å². The summed E-state index contributed by atoms with van der Waals surface area (Å²) in [5, 5.41) is 7.52. The molecule has 5 atom stereocenters. The number of nitrogens with one attached hydrogen (secondary N) is 1. The molecular formula is C54H46N4OS. The number of aliphatic imine (C=N–C) groups is 1. The van der Waals surface area contributed by atoms with Crippen LogP contribution in [0.1, 0.15) is 64.5 Å². The molecular weight excluding hydrogens is 753 g/mol. The first-order chi connectivity index (χ1) is 29.5. The van der Waals surface area contributed by atoms with Crippen LogP contribution in [0, 0.1) is 11.8 Å². The molecule has 294 valence electrons. The molecule has 0 bridgehead atoms. The van der Waals surface area contributed by atoms with E-state index in [1.807, 2.05) is 35.8 Å². The number of nitrogens with two attached hydrogens (primary N) is 1. The SMILES string of the molecule is CC1C=Cc2c(c3cc(-c4cccc5oc6c(c45)C=CC=C(/C=N/C(NC(N)c4ccccc4)C4c5sc7ccccc7c5C=CC4C)C6)ccc3n2-c2ccccc2)C1. The topological polar surface area (TPSA) is 68.5 Å². The minimum atomic E-state index is -0.380. The Hall–Kier alpha value is -6.31. The third-order valence-corrected chi connectivity index (χ3v) is 14.0. The molecule has 11 rings (SSSR count). The highest BCUT2D eigenvalue weighted by Gasteiger charge is 2.34. The highest BCUT2D eigenvalue weighted by atomic mass is 32.1. The van der Waals surface area contributed by atoms with Crippen molar-refractivity contribution in [2.24, 2.45) is 22.6 Å². The smallest absolute Gasteiger partial charge is 0.135 e. The van der Waals surface area contributed by atoms with Crippen LogP contribution in [0.15, 0.2) is 161 Å². The van der Waals surface area contributed by atoms with Crippen LogP contribution in [0.2, 0.25) is 0 Å². The van der Waals surface area contributed by atoms with Crippen molar-refractivity contribution in [3.05, 3.63) is 190 Å². The monoisotopic (exact) mass is 798 g/mol. The second-order valence-corrected chi connectivity index (χ2v) is 17.7. The van der Waals surface area contributed by atoms with Crippen molar-refractivity contribution in [3.8, 4) is 16.8 Å². The Morgan fingerprint density at radius 2 is 1.65 bits per heavy atom. The second kappa shape index (κ2) is 15.1. The van der Waals surface area contributed by atoms with Gasteiger partial charge in [-0.05, 0) is 99.5 Å². The molecule has 5 aromatic carbocycles. The molecule has 0 spiro atoms. The molecule has 3 aliphatic carbocycles. The van der Waals surface area contributed by atoms with Gasteiger partial charge in [-0.3, -0.25) is 10.3 Å². The van der Waals surface area contributed by atoms with Crippen molar-refractivity contribution >= 4 is 67.7 Å². The number of furan rings is 1. The number of aromatic nitrogens is 1. The predicted octanol–water partition coefficient (Wildman–Crippen LogP) is 13.1. The molecule has 3 N–H and O–H groups in total. The predicted molar refractivity (Wildman–Crippen MR) is 253 cm³/mol. The normalized spacial score (nSPS) is 19.4. The van der Waals surface area contributed by atoms with Crippen molar-refractivity contribution < 1.29 is 4.42 Å². The first-order valence-corrected chi connectivity index (χ1v) is 21.9. The highest BCUT2D eigenvalue weighted by molar-refractivity contribution is 7.19. The summed E-state index contributed by atoms with van der Waals surface area (Å²) in [6, 6.07) is 43.1. The first kappa shape index (κ1) is 36.7. The van der Waals surface area contributed by atoms with E-state index < -0.39 is 0 Å². The van der Waals surface area contributed by atoms with Crippen LogP contribution in [0.4, 0.5) is 0 Å². The van der Waals surface area contributed by atoms with E-state index in [1.165, 1.54) is 59.5 Å². The lowest BCUT2D eigenvalue weighted by Gasteiger charge is -2.33. The van der Waals surface area contributed by atoms with Crippen molar-refractivity contribution in [2.45, 2.75) is 44.9 Å². The summed E-state index contributed by atoms with van der Waals surface area (Å²) in [7, 11) is 0. The van der Waals surface area contributed by atoms with E-state index in [1.54, 1.807) is 0 Å². The number of nitrogens with zero attached hydrogens (tertiary/aromatic N) is 2. The molecule has 5 nitrogen and oxygen atoms in total. The molecule has 0 radical (unpaired) electrons. The summed E-state index contributed by atoms with van der Waals surface area (Å²) in [6.45, 7) is 4.60. The van der Waals surface area contributed by atoms with E-state index in [0.717, 1.165) is 39.9 Å². The minimum absolute atomic E-state index is 0.103. The van der Waals surface area contributed by atoms with Crippen molar-refractivity contribution in [2.75, 3.05) is 0 Å². The van der Waals surface area contributed by atoms with Crippen LogP contribution in [-0.2, 0) is 12.8 Å². The fourth-order valence-electron chi connectivity index (χ4n) is 9.70. The third kappa shape index (κ3) is 6.34. The van der Waals surface area contributed by atoms with Crippen LogP contribution in [0.3, 0.4) is 0 Å². The zero-order chi connectivity index (χ0) is 40.3. The number of allylic oxidation sites excluding steroid dienone is 5. The van der Waals surface area contributed by atoms with Crippen LogP contribution in [-0.4, -0.2) is 16.9 Å². The summed E-state index contributed by atoms with van der Waals surface area (Å²) in [4.78, 5) is 6.74. The lowest BCUT2D eigenvalue weighted by atomic mass is 9.82. The maximum atomic E-state index is 6.90. The summed E-state index contributed by atoms with van der Waals surface area (Å²) >= 11 is 1.88. The number of benzene rings is 5. The Morgan fingerprint density at radius 3 is 2.52 bits per heavy atom. The van der Waals surface area contributed by atoms with Crippen LogP contribution >= 0.6 is 11.3 Å². The number of hydrogen-bond donors (Lipinski definition) is 2. The molecule has 3 aliphatic rings. The van der Waals surface area contributed by atoms with Crippen LogP contribution in [0.25, 0.3) is 67.0 Å². The number of rotatable bonds is 8. The molecule has 60 heavy (non-hydrogen) atoms. The lowest BCUT2D eigenvalue weighted by molar-refractivity contribution is 0.356. The lowest BCUT2D eigenvalue weighted by Crippen LogP contribution is -2.42. The Balaban J connectivity index is 0.948. The maximum Gasteiger partial charge on any atom is 0.135 e. The van der Waals surface area contributed by atoms with E-state index in [2.05, 4.69) is 169 Å². The molecule has 6 heteroatoms. The molecule has 0 fully saturated rings. The van der Waals surface area contributed by atoms with Gasteiger partial charge in [0.15, 0.2) is 0 Å². The van der Waals surface area contributed by atoms with E-state index in [9.17, 15) is 0 Å². The van der Waals surface area contributed by atoms with Crippen molar-refractivity contribution in [1.29, 1.82) is 0 Å². The molecule has 3 heterocycles. The Kier molecular flexibility index (Phi) is 9.22. The average Bonchev–Trinajstić information content (AvgIpc) is 3.89. The number of hydrogen-bond acceptors (Lipinski definition) is 5. The number of thiophene rings is 1. The molecule has 0 aliphatic heterocycles. The standard InChI is InChI=1S/C54H46N4OS/c1-33-23-27-45-43(29-33)44-31-37(25-28-46(44)58(45)38-16-7-4-8-17-38)39-19-12-21-47-51(39)42-20-11-13-35(30-48(42)59-47)32-56-54(57-53(55)36-14-5-3-6-15-36)50-34(2)24-26-41-40-18-9-10-22-49(40)60-52(41)50/h3-28,31-34,50,53-54,57H,29-30,55H2,1-2H3/b56-32+. The molecule has 8 aromatic rings. The van der Waals surface area contributed by atoms with Gasteiger partial charge >= 0.3 is 0 Å². The van der Waals surface area contributed by atoms with E-state index in [4.69, 9.17) is 15.1 Å². The molecule has 0 saturated carbocycles. The van der Waals surface area contributed by atoms with Crippen LogP contribution < -0.4 is 11.1 Å². The van der Waals surface area contributed by atoms with Crippen LogP contribution in [0.5, 0.6) is 0 Å². The van der Waals surface area contributed by atoms with Gasteiger partial charge < -0.3 is 14.7 Å². The molecule has 5 unspecified atom stereocenters. The minimum Gasteiger partial charge on any atom is -0.460 e. The Bertz CT molecular complexity index is 3080. The zero-order valence-electron chi connectivity index (χ0n) is 33.8. The summed E-state index contributed by atoms with van der Waals surface area (Å²) in [6.07, 6.45) is 18.9. The third-order valence-electron chi connectivity index (χ3n) is 12.7. The fourth-order valence-corrected chi connectivity index (χ4v) is 11.1. The summed E-state index contributed by atoms with van der Waals surface area (Å²) in [5.41, 5.74) is 19.8. The van der Waals surface area contributed by atoms with Gasteiger partial charge in [0.05, 0.1) is 11.7 Å². The highest BCUT2D eigenvalue weighted by Crippen LogP contribution is 2.46. The summed E-state index contributed by atoms with van der Waals surface area (Å²) in [5.74, 6) is 1.80. The summed E-state index contributed by atoms with van der Waals surface area (Å²) < 4.78 is 10.5. The van der Waals surface area contributed by atoms with Gasteiger partial charge in [0, 0.05) is 55.8 Å². The number of para-hydroxylation sites is 1. The van der Waals surface area contributed by atoms with E-state index >= 15 is 0 Å². The fraction of sp³-hybridized carbons (Fsp3) is 0.167. The maximum absolute atomic E-state index is 6.90. The van der Waals surface area contributed by atoms with Gasteiger partial charge in [-0.1, -0.05) is 135 Å². The van der Waals surface area contributed by atoms with Crippen molar-refractivity contribution in [1.82, 2.24) is 9.88 Å². The van der Waals surface area contributed by atoms with Crippen molar-refractivity contribution in [3.63, 3.8) is 0 Å². The zero-order valence-corrected chi connectivity index (χ0v) is 34.6. The van der Waals surface area contributed by atoms with Gasteiger partial charge in [0.1, 0.15) is 17.5 Å².